The summed E-state index contributed by atoms with van der Waals surface area (Å²) >= 11 is 6.18. The Balaban J connectivity index is 1.86. The van der Waals surface area contributed by atoms with Crippen molar-refractivity contribution in [1.29, 1.82) is 0 Å². The Morgan fingerprint density at radius 3 is 2.76 bits per heavy atom. The molecule has 4 aromatic rings. The summed E-state index contributed by atoms with van der Waals surface area (Å²) in [5.41, 5.74) is 8.52. The average molecular weight is 412 g/mol. The minimum absolute atomic E-state index is 0.114. The van der Waals surface area contributed by atoms with Crippen molar-refractivity contribution in [3.63, 3.8) is 0 Å². The first-order chi connectivity index (χ1) is 14.0. The number of hydrogen-bond donors (Lipinski definition) is 2. The number of halogens is 2. The van der Waals surface area contributed by atoms with Crippen molar-refractivity contribution >= 4 is 39.1 Å². The van der Waals surface area contributed by atoms with Gasteiger partial charge in [-0.3, -0.25) is 0 Å². The Morgan fingerprint density at radius 1 is 1.28 bits per heavy atom. The number of benzene rings is 2. The number of fused-ring (bicyclic) bond motifs is 2. The summed E-state index contributed by atoms with van der Waals surface area (Å²) < 4.78 is 22.3. The van der Waals surface area contributed by atoms with Crippen molar-refractivity contribution in [3.8, 4) is 22.8 Å². The van der Waals surface area contributed by atoms with Gasteiger partial charge in [-0.1, -0.05) is 11.6 Å². The number of ether oxygens (including phenoxy) is 1. The summed E-state index contributed by atoms with van der Waals surface area (Å²) in [5, 5.41) is 12.3. The van der Waals surface area contributed by atoms with Crippen molar-refractivity contribution < 1.29 is 14.2 Å². The van der Waals surface area contributed by atoms with Crippen LogP contribution in [0.15, 0.2) is 36.5 Å². The number of anilines is 1. The van der Waals surface area contributed by atoms with Gasteiger partial charge >= 0.3 is 0 Å². The summed E-state index contributed by atoms with van der Waals surface area (Å²) in [5.74, 6) is 0.144. The van der Waals surface area contributed by atoms with Gasteiger partial charge in [0.2, 0.25) is 5.88 Å². The zero-order chi connectivity index (χ0) is 20.3. The van der Waals surface area contributed by atoms with Crippen molar-refractivity contribution in [2.24, 2.45) is 0 Å². The molecule has 0 saturated heterocycles. The van der Waals surface area contributed by atoms with Crippen molar-refractivity contribution in [2.75, 3.05) is 12.8 Å². The van der Waals surface area contributed by atoms with Crippen LogP contribution in [-0.4, -0.2) is 21.8 Å². The van der Waals surface area contributed by atoms with Gasteiger partial charge in [-0.15, -0.1) is 0 Å². The smallest absolute Gasteiger partial charge is 0.203 e. The SMILES string of the molecule is COc1ccc(Cl)cc1-c1c(F)ccc2c(N)c3c(O)n(C4CCC4)cc3nc12. The van der Waals surface area contributed by atoms with Crippen LogP contribution in [0, 0.1) is 5.82 Å². The topological polar surface area (TPSA) is 73.3 Å². The molecule has 29 heavy (non-hydrogen) atoms. The predicted octanol–water partition coefficient (Wildman–Crippen LogP) is 5.67. The molecule has 1 aliphatic rings. The molecular weight excluding hydrogens is 393 g/mol. The van der Waals surface area contributed by atoms with E-state index in [-0.39, 0.29) is 17.5 Å². The lowest BCUT2D eigenvalue weighted by molar-refractivity contribution is 0.283. The Labute approximate surface area is 171 Å². The molecule has 1 fully saturated rings. The number of nitrogen functional groups attached to an aromatic ring is 1. The van der Waals surface area contributed by atoms with Gasteiger partial charge < -0.3 is 20.1 Å². The Bertz CT molecular complexity index is 1280. The second-order valence-corrected chi connectivity index (χ2v) is 7.83. The van der Waals surface area contributed by atoms with Gasteiger partial charge in [0, 0.05) is 33.8 Å². The lowest BCUT2D eigenvalue weighted by Crippen LogP contribution is -2.15. The van der Waals surface area contributed by atoms with Gasteiger partial charge in [0.25, 0.3) is 0 Å². The molecule has 2 aromatic carbocycles. The maximum Gasteiger partial charge on any atom is 0.203 e. The molecule has 0 bridgehead atoms. The molecule has 2 aromatic heterocycles. The lowest BCUT2D eigenvalue weighted by atomic mass is 9.93. The van der Waals surface area contributed by atoms with Crippen LogP contribution in [0.3, 0.4) is 0 Å². The highest BCUT2D eigenvalue weighted by molar-refractivity contribution is 6.31. The molecule has 0 aliphatic heterocycles. The fourth-order valence-electron chi connectivity index (χ4n) is 4.07. The molecule has 7 heteroatoms. The van der Waals surface area contributed by atoms with E-state index in [1.807, 2.05) is 4.57 Å². The number of methoxy groups -OCH3 is 1. The van der Waals surface area contributed by atoms with Gasteiger partial charge in [0.1, 0.15) is 11.6 Å². The highest BCUT2D eigenvalue weighted by Crippen LogP contribution is 2.45. The molecule has 0 radical (unpaired) electrons. The zero-order valence-corrected chi connectivity index (χ0v) is 16.5. The predicted molar refractivity (Wildman–Crippen MR) is 113 cm³/mol. The largest absolute Gasteiger partial charge is 0.496 e. The van der Waals surface area contributed by atoms with Crippen LogP contribution in [0.5, 0.6) is 11.6 Å². The van der Waals surface area contributed by atoms with E-state index in [9.17, 15) is 5.11 Å². The maximum absolute atomic E-state index is 15.0. The van der Waals surface area contributed by atoms with E-state index in [2.05, 4.69) is 0 Å². The number of nitrogens with two attached hydrogens (primary N) is 1. The van der Waals surface area contributed by atoms with E-state index in [0.717, 1.165) is 19.3 Å². The minimum atomic E-state index is -0.452. The Kier molecular flexibility index (Phi) is 4.06. The minimum Gasteiger partial charge on any atom is -0.496 e. The Morgan fingerprint density at radius 2 is 2.07 bits per heavy atom. The van der Waals surface area contributed by atoms with Gasteiger partial charge in [-0.05, 0) is 49.6 Å². The molecule has 2 heterocycles. The molecule has 0 unspecified atom stereocenters. The van der Waals surface area contributed by atoms with Crippen molar-refractivity contribution in [1.82, 2.24) is 9.55 Å². The number of aromatic hydroxyl groups is 1. The van der Waals surface area contributed by atoms with Gasteiger partial charge in [-0.2, -0.15) is 0 Å². The molecule has 3 N–H and O–H groups in total. The molecule has 148 valence electrons. The number of hydrogen-bond acceptors (Lipinski definition) is 4. The molecule has 5 rings (SSSR count). The van der Waals surface area contributed by atoms with E-state index in [1.165, 1.54) is 13.2 Å². The molecule has 0 amide bonds. The van der Waals surface area contributed by atoms with Crippen LogP contribution in [0.2, 0.25) is 5.02 Å². The molecule has 1 aliphatic carbocycles. The van der Waals surface area contributed by atoms with Gasteiger partial charge in [-0.25, -0.2) is 9.37 Å². The van der Waals surface area contributed by atoms with Crippen LogP contribution < -0.4 is 10.5 Å². The van der Waals surface area contributed by atoms with Crippen molar-refractivity contribution in [2.45, 2.75) is 25.3 Å². The van der Waals surface area contributed by atoms with Crippen molar-refractivity contribution in [3.05, 3.63) is 47.4 Å². The van der Waals surface area contributed by atoms with E-state index in [1.54, 1.807) is 30.5 Å². The molecule has 5 nitrogen and oxygen atoms in total. The first-order valence-electron chi connectivity index (χ1n) is 9.44. The quantitative estimate of drug-likeness (QED) is 0.455. The average Bonchev–Trinajstić information content (AvgIpc) is 2.96. The lowest BCUT2D eigenvalue weighted by Gasteiger charge is -2.27. The first-order valence-corrected chi connectivity index (χ1v) is 9.82. The fourth-order valence-corrected chi connectivity index (χ4v) is 4.25. The first kappa shape index (κ1) is 18.1. The summed E-state index contributed by atoms with van der Waals surface area (Å²) in [6.45, 7) is 0. The van der Waals surface area contributed by atoms with E-state index in [4.69, 9.17) is 27.1 Å². The summed E-state index contributed by atoms with van der Waals surface area (Å²) in [6.07, 6.45) is 4.95. The van der Waals surface area contributed by atoms with Crippen LogP contribution in [0.1, 0.15) is 25.3 Å². The zero-order valence-electron chi connectivity index (χ0n) is 15.7. The van der Waals surface area contributed by atoms with E-state index < -0.39 is 5.82 Å². The summed E-state index contributed by atoms with van der Waals surface area (Å²) in [4.78, 5) is 4.70. The van der Waals surface area contributed by atoms with E-state index in [0.29, 0.717) is 43.8 Å². The number of aromatic nitrogens is 2. The standard InChI is InChI=1S/C22H19ClFN3O2/c1-29-17-8-5-11(23)9-14(17)18-15(24)7-6-13-20(25)19-16(26-21(13)18)10-27(22(19)28)12-3-2-4-12/h5-10,12,28H,2-4,25H2,1H3. The fraction of sp³-hybridized carbons (Fsp3) is 0.227. The third kappa shape index (κ3) is 2.63. The third-order valence-electron chi connectivity index (χ3n) is 5.80. The highest BCUT2D eigenvalue weighted by Gasteiger charge is 2.26. The Hall–Kier alpha value is -2.99. The monoisotopic (exact) mass is 411 g/mol. The van der Waals surface area contributed by atoms with Crippen LogP contribution in [0.25, 0.3) is 32.9 Å². The number of pyridine rings is 1. The number of nitrogens with zero attached hydrogens (tertiary/aromatic N) is 2. The van der Waals surface area contributed by atoms with Gasteiger partial charge in [0.05, 0.1) is 29.2 Å². The highest BCUT2D eigenvalue weighted by atomic mass is 35.5. The molecule has 0 atom stereocenters. The van der Waals surface area contributed by atoms with Crippen LogP contribution >= 0.6 is 11.6 Å². The van der Waals surface area contributed by atoms with Crippen LogP contribution in [-0.2, 0) is 0 Å². The molecular formula is C22H19ClFN3O2. The normalized spacial score (nSPS) is 14.4. The van der Waals surface area contributed by atoms with Crippen LogP contribution in [0.4, 0.5) is 10.1 Å². The summed E-state index contributed by atoms with van der Waals surface area (Å²) in [7, 11) is 1.52. The maximum atomic E-state index is 15.0. The summed E-state index contributed by atoms with van der Waals surface area (Å²) in [6, 6.07) is 8.21. The van der Waals surface area contributed by atoms with Gasteiger partial charge in [0.15, 0.2) is 0 Å². The number of rotatable bonds is 3. The second kappa shape index (κ2) is 6.52. The third-order valence-corrected chi connectivity index (χ3v) is 6.04. The van der Waals surface area contributed by atoms with E-state index >= 15 is 4.39 Å². The molecule has 1 saturated carbocycles. The molecule has 0 spiro atoms. The second-order valence-electron chi connectivity index (χ2n) is 7.39.